The Morgan fingerprint density at radius 1 is 1.50 bits per heavy atom. The summed E-state index contributed by atoms with van der Waals surface area (Å²) in [5, 5.41) is 0. The Balaban J connectivity index is 1.98. The standard InChI is InChI=1S/C7H11NO2/c9-6-8-2-1-7(3-8)4-10-5-7/h6H,1-5H2. The molecule has 0 unspecified atom stereocenters. The van der Waals surface area contributed by atoms with Crippen LogP contribution in [0.2, 0.25) is 0 Å². The third kappa shape index (κ3) is 0.736. The fourth-order valence-corrected chi connectivity index (χ4v) is 1.69. The molecule has 2 fully saturated rings. The van der Waals surface area contributed by atoms with E-state index in [4.69, 9.17) is 4.74 Å². The van der Waals surface area contributed by atoms with E-state index in [0.29, 0.717) is 5.41 Å². The molecular weight excluding hydrogens is 130 g/mol. The van der Waals surface area contributed by atoms with Crippen molar-refractivity contribution >= 4 is 6.41 Å². The second kappa shape index (κ2) is 1.95. The van der Waals surface area contributed by atoms with Crippen LogP contribution in [0.5, 0.6) is 0 Å². The molecule has 0 aliphatic carbocycles. The van der Waals surface area contributed by atoms with E-state index in [0.717, 1.165) is 39.1 Å². The molecule has 0 saturated carbocycles. The number of likely N-dealkylation sites (tertiary alicyclic amines) is 1. The normalized spacial score (nSPS) is 28.6. The van der Waals surface area contributed by atoms with Crippen LogP contribution in [0.4, 0.5) is 0 Å². The van der Waals surface area contributed by atoms with Crippen molar-refractivity contribution in [3.8, 4) is 0 Å². The van der Waals surface area contributed by atoms with Gasteiger partial charge in [0.25, 0.3) is 0 Å². The van der Waals surface area contributed by atoms with Gasteiger partial charge < -0.3 is 9.64 Å². The molecule has 0 N–H and O–H groups in total. The van der Waals surface area contributed by atoms with Crippen molar-refractivity contribution in [2.75, 3.05) is 26.3 Å². The van der Waals surface area contributed by atoms with Gasteiger partial charge in [0.15, 0.2) is 0 Å². The number of nitrogens with zero attached hydrogens (tertiary/aromatic N) is 1. The molecule has 0 aromatic carbocycles. The van der Waals surface area contributed by atoms with Crippen LogP contribution in [0.3, 0.4) is 0 Å². The number of ether oxygens (including phenoxy) is 1. The molecule has 1 amide bonds. The number of carbonyl (C=O) groups is 1. The van der Waals surface area contributed by atoms with E-state index < -0.39 is 0 Å². The van der Waals surface area contributed by atoms with Crippen LogP contribution < -0.4 is 0 Å². The summed E-state index contributed by atoms with van der Waals surface area (Å²) in [6, 6.07) is 0. The predicted octanol–water partition coefficient (Wildman–Crippen LogP) is -0.135. The lowest BCUT2D eigenvalue weighted by molar-refractivity contribution is -0.123. The minimum absolute atomic E-state index is 0.362. The highest BCUT2D eigenvalue weighted by molar-refractivity contribution is 5.48. The van der Waals surface area contributed by atoms with Gasteiger partial charge in [-0.3, -0.25) is 4.79 Å². The van der Waals surface area contributed by atoms with Gasteiger partial charge in [-0.25, -0.2) is 0 Å². The molecule has 56 valence electrons. The van der Waals surface area contributed by atoms with Gasteiger partial charge in [-0.2, -0.15) is 0 Å². The first kappa shape index (κ1) is 6.16. The van der Waals surface area contributed by atoms with E-state index >= 15 is 0 Å². The monoisotopic (exact) mass is 141 g/mol. The van der Waals surface area contributed by atoms with Crippen molar-refractivity contribution < 1.29 is 9.53 Å². The summed E-state index contributed by atoms with van der Waals surface area (Å²) in [5.74, 6) is 0. The molecule has 2 heterocycles. The zero-order chi connectivity index (χ0) is 7.03. The van der Waals surface area contributed by atoms with E-state index in [2.05, 4.69) is 0 Å². The number of hydrogen-bond donors (Lipinski definition) is 0. The maximum absolute atomic E-state index is 10.3. The SMILES string of the molecule is O=CN1CCC2(COC2)C1. The van der Waals surface area contributed by atoms with Gasteiger partial charge in [-0.05, 0) is 6.42 Å². The fourth-order valence-electron chi connectivity index (χ4n) is 1.69. The Bertz CT molecular complexity index is 154. The lowest BCUT2D eigenvalue weighted by atomic mass is 9.85. The largest absolute Gasteiger partial charge is 0.380 e. The maximum Gasteiger partial charge on any atom is 0.209 e. The van der Waals surface area contributed by atoms with E-state index in [1.54, 1.807) is 0 Å². The smallest absolute Gasteiger partial charge is 0.209 e. The summed E-state index contributed by atoms with van der Waals surface area (Å²) in [6.07, 6.45) is 2.07. The molecule has 2 rings (SSSR count). The summed E-state index contributed by atoms with van der Waals surface area (Å²) in [7, 11) is 0. The average Bonchev–Trinajstić information content (AvgIpc) is 2.29. The second-order valence-electron chi connectivity index (χ2n) is 3.32. The lowest BCUT2D eigenvalue weighted by Crippen LogP contribution is -2.44. The molecule has 2 aliphatic rings. The minimum Gasteiger partial charge on any atom is -0.380 e. The molecule has 1 spiro atoms. The van der Waals surface area contributed by atoms with Crippen LogP contribution in [-0.2, 0) is 9.53 Å². The third-order valence-corrected chi connectivity index (χ3v) is 2.43. The first-order chi connectivity index (χ1) is 4.85. The van der Waals surface area contributed by atoms with Gasteiger partial charge in [-0.15, -0.1) is 0 Å². The van der Waals surface area contributed by atoms with E-state index in [1.807, 2.05) is 4.90 Å². The van der Waals surface area contributed by atoms with Crippen molar-refractivity contribution in [1.82, 2.24) is 4.90 Å². The first-order valence-corrected chi connectivity index (χ1v) is 3.62. The van der Waals surface area contributed by atoms with Gasteiger partial charge in [0.05, 0.1) is 13.2 Å². The Morgan fingerprint density at radius 3 is 2.60 bits per heavy atom. The van der Waals surface area contributed by atoms with Gasteiger partial charge in [0.1, 0.15) is 0 Å². The highest BCUT2D eigenvalue weighted by Crippen LogP contribution is 2.36. The third-order valence-electron chi connectivity index (χ3n) is 2.43. The van der Waals surface area contributed by atoms with Gasteiger partial charge >= 0.3 is 0 Å². The second-order valence-corrected chi connectivity index (χ2v) is 3.32. The molecule has 0 bridgehead atoms. The summed E-state index contributed by atoms with van der Waals surface area (Å²) in [6.45, 7) is 3.55. The Kier molecular flexibility index (Phi) is 1.20. The zero-order valence-electron chi connectivity index (χ0n) is 5.88. The molecular formula is C7H11NO2. The summed E-state index contributed by atoms with van der Waals surface area (Å²) in [4.78, 5) is 12.2. The molecule has 3 nitrogen and oxygen atoms in total. The average molecular weight is 141 g/mol. The maximum atomic E-state index is 10.3. The molecule has 2 aliphatic heterocycles. The molecule has 0 aromatic rings. The quantitative estimate of drug-likeness (QED) is 0.476. The number of carbonyl (C=O) groups excluding carboxylic acids is 1. The number of hydrogen-bond acceptors (Lipinski definition) is 2. The van der Waals surface area contributed by atoms with Crippen molar-refractivity contribution in [2.45, 2.75) is 6.42 Å². The topological polar surface area (TPSA) is 29.5 Å². The highest BCUT2D eigenvalue weighted by atomic mass is 16.5. The van der Waals surface area contributed by atoms with Crippen molar-refractivity contribution in [3.63, 3.8) is 0 Å². The molecule has 0 atom stereocenters. The Morgan fingerprint density at radius 2 is 2.30 bits per heavy atom. The van der Waals surface area contributed by atoms with Crippen LogP contribution >= 0.6 is 0 Å². The van der Waals surface area contributed by atoms with Gasteiger partial charge in [0.2, 0.25) is 6.41 Å². The van der Waals surface area contributed by atoms with E-state index in [9.17, 15) is 4.79 Å². The highest BCUT2D eigenvalue weighted by Gasteiger charge is 2.43. The molecule has 0 aromatic heterocycles. The zero-order valence-corrected chi connectivity index (χ0v) is 5.88. The van der Waals surface area contributed by atoms with Crippen LogP contribution in [0, 0.1) is 5.41 Å². The minimum atomic E-state index is 0.362. The van der Waals surface area contributed by atoms with Crippen molar-refractivity contribution in [3.05, 3.63) is 0 Å². The molecule has 10 heavy (non-hydrogen) atoms. The summed E-state index contributed by atoms with van der Waals surface area (Å²) < 4.78 is 5.11. The fraction of sp³-hybridized carbons (Fsp3) is 0.857. The first-order valence-electron chi connectivity index (χ1n) is 3.62. The number of rotatable bonds is 1. The van der Waals surface area contributed by atoms with Crippen LogP contribution in [-0.4, -0.2) is 37.6 Å². The van der Waals surface area contributed by atoms with Crippen LogP contribution in [0.1, 0.15) is 6.42 Å². The molecule has 0 radical (unpaired) electrons. The van der Waals surface area contributed by atoms with Crippen molar-refractivity contribution in [2.24, 2.45) is 5.41 Å². The summed E-state index contributed by atoms with van der Waals surface area (Å²) in [5.41, 5.74) is 0.362. The lowest BCUT2D eigenvalue weighted by Gasteiger charge is -2.37. The van der Waals surface area contributed by atoms with Crippen LogP contribution in [0.25, 0.3) is 0 Å². The van der Waals surface area contributed by atoms with E-state index in [1.165, 1.54) is 0 Å². The molecule has 2 saturated heterocycles. The number of amides is 1. The molecule has 3 heteroatoms. The Hall–Kier alpha value is -0.570. The van der Waals surface area contributed by atoms with Gasteiger partial charge in [-0.1, -0.05) is 0 Å². The Labute approximate surface area is 60.0 Å². The van der Waals surface area contributed by atoms with Gasteiger partial charge in [0, 0.05) is 18.5 Å². The predicted molar refractivity (Wildman–Crippen MR) is 35.5 cm³/mol. The van der Waals surface area contributed by atoms with Crippen LogP contribution in [0.15, 0.2) is 0 Å². The summed E-state index contributed by atoms with van der Waals surface area (Å²) >= 11 is 0. The van der Waals surface area contributed by atoms with E-state index in [-0.39, 0.29) is 0 Å². The van der Waals surface area contributed by atoms with Crippen molar-refractivity contribution in [1.29, 1.82) is 0 Å².